The lowest BCUT2D eigenvalue weighted by molar-refractivity contribution is -0.0826. The first-order valence-electron chi connectivity index (χ1n) is 6.23. The van der Waals surface area contributed by atoms with E-state index in [9.17, 15) is 20.4 Å². The molecule has 0 aromatic heterocycles. The molecule has 4 atom stereocenters. The molecule has 104 valence electrons. The summed E-state index contributed by atoms with van der Waals surface area (Å²) in [6, 6.07) is 6.66. The van der Waals surface area contributed by atoms with E-state index in [4.69, 9.17) is 9.47 Å². The molecule has 0 amide bonds. The second-order valence-electron chi connectivity index (χ2n) is 4.96. The van der Waals surface area contributed by atoms with Crippen molar-refractivity contribution >= 4 is 10.8 Å². The van der Waals surface area contributed by atoms with Crippen LogP contribution in [0.1, 0.15) is 23.3 Å². The molecule has 2 aromatic rings. The van der Waals surface area contributed by atoms with Crippen molar-refractivity contribution in [3.63, 3.8) is 0 Å². The SMILES string of the molecule is OC1Oc2ccc3c4c(ccc3c2C1O)OC(O)C4O. The van der Waals surface area contributed by atoms with Crippen LogP contribution in [0.2, 0.25) is 0 Å². The Kier molecular flexibility index (Phi) is 2.28. The largest absolute Gasteiger partial charge is 0.462 e. The van der Waals surface area contributed by atoms with E-state index in [2.05, 4.69) is 0 Å². The van der Waals surface area contributed by atoms with Crippen LogP contribution in [-0.4, -0.2) is 33.0 Å². The summed E-state index contributed by atoms with van der Waals surface area (Å²) in [5.74, 6) is 0.817. The quantitative estimate of drug-likeness (QED) is 0.553. The number of benzene rings is 2. The molecule has 0 radical (unpaired) electrons. The van der Waals surface area contributed by atoms with Crippen LogP contribution in [0.3, 0.4) is 0 Å². The minimum atomic E-state index is -1.30. The van der Waals surface area contributed by atoms with Crippen LogP contribution in [0.5, 0.6) is 11.5 Å². The second-order valence-corrected chi connectivity index (χ2v) is 4.96. The van der Waals surface area contributed by atoms with Crippen molar-refractivity contribution in [3.05, 3.63) is 35.4 Å². The summed E-state index contributed by atoms with van der Waals surface area (Å²) in [7, 11) is 0. The third-order valence-corrected chi connectivity index (χ3v) is 3.83. The van der Waals surface area contributed by atoms with Gasteiger partial charge in [-0.25, -0.2) is 0 Å². The molecule has 2 aromatic carbocycles. The fourth-order valence-corrected chi connectivity index (χ4v) is 2.90. The first-order chi connectivity index (χ1) is 9.58. The van der Waals surface area contributed by atoms with Gasteiger partial charge in [0, 0.05) is 11.1 Å². The first kappa shape index (κ1) is 11.9. The van der Waals surface area contributed by atoms with Gasteiger partial charge >= 0.3 is 0 Å². The molecule has 6 heteroatoms. The molecule has 0 fully saturated rings. The van der Waals surface area contributed by atoms with Gasteiger partial charge in [-0.3, -0.25) is 0 Å². The van der Waals surface area contributed by atoms with E-state index in [1.54, 1.807) is 24.3 Å². The first-order valence-corrected chi connectivity index (χ1v) is 6.23. The van der Waals surface area contributed by atoms with E-state index in [-0.39, 0.29) is 0 Å². The summed E-state index contributed by atoms with van der Waals surface area (Å²) in [4.78, 5) is 0. The molecule has 4 N–H and O–H groups in total. The molecular formula is C14H12O6. The van der Waals surface area contributed by atoms with E-state index in [0.29, 0.717) is 33.4 Å². The third kappa shape index (κ3) is 1.36. The Morgan fingerprint density at radius 2 is 1.05 bits per heavy atom. The number of rotatable bonds is 0. The molecule has 0 saturated heterocycles. The number of hydrogen-bond acceptors (Lipinski definition) is 6. The van der Waals surface area contributed by atoms with Crippen molar-refractivity contribution in [1.82, 2.24) is 0 Å². The fourth-order valence-electron chi connectivity index (χ4n) is 2.90. The Balaban J connectivity index is 2.03. The van der Waals surface area contributed by atoms with E-state index >= 15 is 0 Å². The molecule has 2 aliphatic heterocycles. The van der Waals surface area contributed by atoms with Gasteiger partial charge in [-0.1, -0.05) is 12.1 Å². The third-order valence-electron chi connectivity index (χ3n) is 3.83. The summed E-state index contributed by atoms with van der Waals surface area (Å²) < 4.78 is 10.3. The van der Waals surface area contributed by atoms with Crippen LogP contribution in [0.25, 0.3) is 10.8 Å². The van der Waals surface area contributed by atoms with E-state index in [0.717, 1.165) is 0 Å². The number of aliphatic hydroxyl groups is 4. The van der Waals surface area contributed by atoms with E-state index in [1.807, 2.05) is 0 Å². The maximum absolute atomic E-state index is 10.00. The predicted molar refractivity (Wildman–Crippen MR) is 67.1 cm³/mol. The summed E-state index contributed by atoms with van der Waals surface area (Å²) in [5.41, 5.74) is 0.956. The molecule has 20 heavy (non-hydrogen) atoms. The normalized spacial score (nSPS) is 30.8. The van der Waals surface area contributed by atoms with E-state index in [1.165, 1.54) is 0 Å². The van der Waals surface area contributed by atoms with Crippen molar-refractivity contribution in [1.29, 1.82) is 0 Å². The second kappa shape index (κ2) is 3.83. The highest BCUT2D eigenvalue weighted by molar-refractivity contribution is 5.93. The molecule has 0 bridgehead atoms. The Bertz CT molecular complexity index is 651. The maximum Gasteiger partial charge on any atom is 0.228 e. The van der Waals surface area contributed by atoms with Gasteiger partial charge in [-0.05, 0) is 22.9 Å². The van der Waals surface area contributed by atoms with Crippen LogP contribution in [0.15, 0.2) is 24.3 Å². The zero-order valence-electron chi connectivity index (χ0n) is 10.2. The molecule has 4 unspecified atom stereocenters. The van der Waals surface area contributed by atoms with Crippen molar-refractivity contribution in [2.45, 2.75) is 24.8 Å². The van der Waals surface area contributed by atoms with Crippen molar-refractivity contribution in [2.24, 2.45) is 0 Å². The van der Waals surface area contributed by atoms with Gasteiger partial charge < -0.3 is 29.9 Å². The molecule has 2 heterocycles. The van der Waals surface area contributed by atoms with Gasteiger partial charge in [-0.2, -0.15) is 0 Å². The highest BCUT2D eigenvalue weighted by Crippen LogP contribution is 2.46. The number of ether oxygens (including phenoxy) is 2. The average molecular weight is 276 g/mol. The Labute approximate surface area is 113 Å². The molecule has 0 spiro atoms. The zero-order chi connectivity index (χ0) is 14.0. The highest BCUT2D eigenvalue weighted by atomic mass is 16.6. The van der Waals surface area contributed by atoms with Gasteiger partial charge in [0.25, 0.3) is 0 Å². The van der Waals surface area contributed by atoms with Gasteiger partial charge in [0.15, 0.2) is 0 Å². The highest BCUT2D eigenvalue weighted by Gasteiger charge is 2.37. The van der Waals surface area contributed by atoms with E-state index < -0.39 is 24.8 Å². The topological polar surface area (TPSA) is 99.4 Å². The predicted octanol–water partition coefficient (Wildman–Crippen LogP) is 0.328. The molecular weight excluding hydrogens is 264 g/mol. The Hall–Kier alpha value is -1.86. The summed E-state index contributed by atoms with van der Waals surface area (Å²) >= 11 is 0. The summed E-state index contributed by atoms with van der Waals surface area (Å²) in [6.45, 7) is 0. The number of aliphatic hydroxyl groups excluding tert-OH is 4. The van der Waals surface area contributed by atoms with Crippen LogP contribution in [0, 0.1) is 0 Å². The van der Waals surface area contributed by atoms with Gasteiger partial charge in [-0.15, -0.1) is 0 Å². The fraction of sp³-hybridized carbons (Fsp3) is 0.286. The maximum atomic E-state index is 10.00. The minimum Gasteiger partial charge on any atom is -0.462 e. The Morgan fingerprint density at radius 3 is 1.45 bits per heavy atom. The van der Waals surface area contributed by atoms with Crippen molar-refractivity contribution in [3.8, 4) is 11.5 Å². The summed E-state index contributed by atoms with van der Waals surface area (Å²) in [6.07, 6.45) is -4.88. The average Bonchev–Trinajstić information content (AvgIpc) is 2.88. The van der Waals surface area contributed by atoms with Crippen molar-refractivity contribution in [2.75, 3.05) is 0 Å². The molecule has 2 aliphatic rings. The molecule has 0 aliphatic carbocycles. The monoisotopic (exact) mass is 276 g/mol. The lowest BCUT2D eigenvalue weighted by Gasteiger charge is -2.11. The minimum absolute atomic E-state index is 0.409. The van der Waals surface area contributed by atoms with Gasteiger partial charge in [0.05, 0.1) is 0 Å². The molecule has 0 saturated carbocycles. The van der Waals surface area contributed by atoms with Crippen LogP contribution >= 0.6 is 0 Å². The summed E-state index contributed by atoms with van der Waals surface area (Å²) in [5, 5.41) is 40.5. The lowest BCUT2D eigenvalue weighted by atomic mass is 9.95. The van der Waals surface area contributed by atoms with Gasteiger partial charge in [0.1, 0.15) is 23.7 Å². The van der Waals surface area contributed by atoms with Crippen LogP contribution in [0.4, 0.5) is 0 Å². The van der Waals surface area contributed by atoms with Crippen LogP contribution < -0.4 is 9.47 Å². The molecule has 6 nitrogen and oxygen atoms in total. The molecule has 4 rings (SSSR count). The van der Waals surface area contributed by atoms with Crippen LogP contribution in [-0.2, 0) is 0 Å². The standard InChI is InChI=1S/C14H12O6/c15-11-9-5-1-3-7-10(12(16)14(18)19-7)6(5)2-4-8(9)20-13(11)17/h1-4,11-18H. The lowest BCUT2D eigenvalue weighted by Crippen LogP contribution is -2.17. The van der Waals surface area contributed by atoms with Gasteiger partial charge in [0.2, 0.25) is 12.6 Å². The Morgan fingerprint density at radius 1 is 0.650 bits per heavy atom. The van der Waals surface area contributed by atoms with Crippen molar-refractivity contribution < 1.29 is 29.9 Å². The number of hydrogen-bond donors (Lipinski definition) is 4. The zero-order valence-corrected chi connectivity index (χ0v) is 10.2. The number of fused-ring (bicyclic) bond motifs is 5. The smallest absolute Gasteiger partial charge is 0.228 e.